The molecule has 2 aromatic carbocycles. The van der Waals surface area contributed by atoms with Crippen molar-refractivity contribution >= 4 is 17.3 Å². The van der Waals surface area contributed by atoms with Crippen molar-refractivity contribution in [2.45, 2.75) is 20.3 Å². The van der Waals surface area contributed by atoms with Crippen LogP contribution in [0.1, 0.15) is 18.9 Å². The first-order valence-electron chi connectivity index (χ1n) is 8.40. The summed E-state index contributed by atoms with van der Waals surface area (Å²) in [7, 11) is 3.16. The zero-order chi connectivity index (χ0) is 18.2. The van der Waals surface area contributed by atoms with Crippen LogP contribution in [0, 0.1) is 6.92 Å². The van der Waals surface area contributed by atoms with Gasteiger partial charge in [0, 0.05) is 37.0 Å². The van der Waals surface area contributed by atoms with Crippen molar-refractivity contribution in [3.8, 4) is 11.5 Å². The lowest BCUT2D eigenvalue weighted by Crippen LogP contribution is -2.27. The molecule has 0 bridgehead atoms. The molecule has 0 fully saturated rings. The number of hydrogen-bond acceptors (Lipinski definition) is 4. The predicted molar refractivity (Wildman–Crippen MR) is 102 cm³/mol. The van der Waals surface area contributed by atoms with E-state index in [1.54, 1.807) is 32.4 Å². The average molecular weight is 342 g/mol. The first-order valence-corrected chi connectivity index (χ1v) is 8.40. The molecular formula is C20H26N2O3. The molecule has 0 saturated carbocycles. The summed E-state index contributed by atoms with van der Waals surface area (Å²) in [4.78, 5) is 14.5. The number of rotatable bonds is 8. The lowest BCUT2D eigenvalue weighted by Gasteiger charge is -2.23. The van der Waals surface area contributed by atoms with Crippen molar-refractivity contribution in [1.29, 1.82) is 0 Å². The minimum absolute atomic E-state index is 0.0293. The fraction of sp³-hybridized carbons (Fsp3) is 0.350. The molecule has 1 amide bonds. The zero-order valence-electron chi connectivity index (χ0n) is 15.3. The van der Waals surface area contributed by atoms with Crippen LogP contribution >= 0.6 is 0 Å². The molecule has 0 unspecified atom stereocenters. The molecular weight excluding hydrogens is 316 g/mol. The number of ether oxygens (including phenoxy) is 2. The molecule has 0 aromatic heterocycles. The smallest absolute Gasteiger partial charge is 0.226 e. The number of anilines is 2. The molecule has 0 aliphatic carbocycles. The van der Waals surface area contributed by atoms with Crippen molar-refractivity contribution in [3.05, 3.63) is 48.0 Å². The van der Waals surface area contributed by atoms with Gasteiger partial charge in [0.1, 0.15) is 0 Å². The van der Waals surface area contributed by atoms with Gasteiger partial charge in [-0.2, -0.15) is 0 Å². The number of amides is 1. The molecule has 0 atom stereocenters. The van der Waals surface area contributed by atoms with Gasteiger partial charge in [-0.3, -0.25) is 4.79 Å². The second kappa shape index (κ2) is 8.97. The summed E-state index contributed by atoms with van der Waals surface area (Å²) >= 11 is 0. The second-order valence-corrected chi connectivity index (χ2v) is 5.79. The van der Waals surface area contributed by atoms with Crippen LogP contribution in [0.2, 0.25) is 0 Å². The average Bonchev–Trinajstić information content (AvgIpc) is 2.62. The SMILES string of the molecule is CCN(CCC(=O)Nc1ccc(OC)c(OC)c1)c1cccc(C)c1. The third-order valence-electron chi connectivity index (χ3n) is 4.02. The summed E-state index contributed by atoms with van der Waals surface area (Å²) < 4.78 is 10.5. The maximum atomic E-state index is 12.3. The molecule has 0 spiro atoms. The van der Waals surface area contributed by atoms with E-state index < -0.39 is 0 Å². The van der Waals surface area contributed by atoms with E-state index in [0.29, 0.717) is 30.2 Å². The Morgan fingerprint density at radius 3 is 2.48 bits per heavy atom. The van der Waals surface area contributed by atoms with Crippen molar-refractivity contribution in [2.24, 2.45) is 0 Å². The molecule has 25 heavy (non-hydrogen) atoms. The number of methoxy groups -OCH3 is 2. The maximum absolute atomic E-state index is 12.3. The Morgan fingerprint density at radius 2 is 1.84 bits per heavy atom. The minimum atomic E-state index is -0.0293. The van der Waals surface area contributed by atoms with Crippen LogP contribution in [0.4, 0.5) is 11.4 Å². The minimum Gasteiger partial charge on any atom is -0.493 e. The standard InChI is InChI=1S/C20H26N2O3/c1-5-22(17-8-6-7-15(2)13-17)12-11-20(23)21-16-9-10-18(24-3)19(14-16)25-4/h6-10,13-14H,5,11-12H2,1-4H3,(H,21,23). The molecule has 0 aliphatic rings. The van der Waals surface area contributed by atoms with Gasteiger partial charge in [0.05, 0.1) is 14.2 Å². The Morgan fingerprint density at radius 1 is 1.08 bits per heavy atom. The fourth-order valence-electron chi connectivity index (χ4n) is 2.67. The highest BCUT2D eigenvalue weighted by Gasteiger charge is 2.10. The Balaban J connectivity index is 1.95. The second-order valence-electron chi connectivity index (χ2n) is 5.79. The summed E-state index contributed by atoms with van der Waals surface area (Å²) in [6.45, 7) is 5.68. The van der Waals surface area contributed by atoms with Crippen LogP contribution in [0.25, 0.3) is 0 Å². The van der Waals surface area contributed by atoms with Gasteiger partial charge in [-0.25, -0.2) is 0 Å². The van der Waals surface area contributed by atoms with Gasteiger partial charge in [0.15, 0.2) is 11.5 Å². The van der Waals surface area contributed by atoms with Gasteiger partial charge in [0.25, 0.3) is 0 Å². The predicted octanol–water partition coefficient (Wildman–Crippen LogP) is 3.87. The molecule has 134 valence electrons. The highest BCUT2D eigenvalue weighted by molar-refractivity contribution is 5.91. The van der Waals surface area contributed by atoms with E-state index in [0.717, 1.165) is 12.2 Å². The number of nitrogens with zero attached hydrogens (tertiary/aromatic N) is 1. The van der Waals surface area contributed by atoms with E-state index in [1.165, 1.54) is 5.56 Å². The van der Waals surface area contributed by atoms with Crippen LogP contribution in [0.5, 0.6) is 11.5 Å². The first kappa shape index (κ1) is 18.6. The molecule has 2 rings (SSSR count). The van der Waals surface area contributed by atoms with Crippen LogP contribution in [-0.4, -0.2) is 33.2 Å². The number of nitrogens with one attached hydrogen (secondary N) is 1. The lowest BCUT2D eigenvalue weighted by atomic mass is 10.2. The molecule has 0 radical (unpaired) electrons. The van der Waals surface area contributed by atoms with Gasteiger partial charge in [-0.1, -0.05) is 12.1 Å². The quantitative estimate of drug-likeness (QED) is 0.791. The number of carbonyl (C=O) groups excluding carboxylic acids is 1. The van der Waals surface area contributed by atoms with Crippen LogP contribution < -0.4 is 19.7 Å². The topological polar surface area (TPSA) is 50.8 Å². The third-order valence-corrected chi connectivity index (χ3v) is 4.02. The van der Waals surface area contributed by atoms with E-state index in [4.69, 9.17) is 9.47 Å². The zero-order valence-corrected chi connectivity index (χ0v) is 15.3. The Labute approximate surface area is 149 Å². The summed E-state index contributed by atoms with van der Waals surface area (Å²) in [5, 5.41) is 2.91. The summed E-state index contributed by atoms with van der Waals surface area (Å²) in [6.07, 6.45) is 0.413. The van der Waals surface area contributed by atoms with Crippen molar-refractivity contribution in [1.82, 2.24) is 0 Å². The van der Waals surface area contributed by atoms with Gasteiger partial charge in [-0.15, -0.1) is 0 Å². The summed E-state index contributed by atoms with van der Waals surface area (Å²) in [6, 6.07) is 13.7. The summed E-state index contributed by atoms with van der Waals surface area (Å²) in [5.74, 6) is 1.20. The Kier molecular flexibility index (Phi) is 6.69. The molecule has 0 aliphatic heterocycles. The number of aryl methyl sites for hydroxylation is 1. The van der Waals surface area contributed by atoms with E-state index in [-0.39, 0.29) is 5.91 Å². The molecule has 2 aromatic rings. The third kappa shape index (κ3) is 5.14. The molecule has 5 heteroatoms. The van der Waals surface area contributed by atoms with Crippen molar-refractivity contribution in [3.63, 3.8) is 0 Å². The Bertz CT molecular complexity index is 716. The largest absolute Gasteiger partial charge is 0.493 e. The Hall–Kier alpha value is -2.69. The lowest BCUT2D eigenvalue weighted by molar-refractivity contribution is -0.116. The van der Waals surface area contributed by atoms with E-state index in [9.17, 15) is 4.79 Å². The van der Waals surface area contributed by atoms with Crippen molar-refractivity contribution in [2.75, 3.05) is 37.5 Å². The summed E-state index contributed by atoms with van der Waals surface area (Å²) in [5.41, 5.74) is 3.05. The molecule has 0 heterocycles. The van der Waals surface area contributed by atoms with Gasteiger partial charge < -0.3 is 19.7 Å². The normalized spacial score (nSPS) is 10.2. The number of carbonyl (C=O) groups is 1. The maximum Gasteiger partial charge on any atom is 0.226 e. The van der Waals surface area contributed by atoms with E-state index in [1.807, 2.05) is 6.07 Å². The van der Waals surface area contributed by atoms with E-state index in [2.05, 4.69) is 42.3 Å². The van der Waals surface area contributed by atoms with Crippen molar-refractivity contribution < 1.29 is 14.3 Å². The molecule has 1 N–H and O–H groups in total. The highest BCUT2D eigenvalue weighted by atomic mass is 16.5. The van der Waals surface area contributed by atoms with Gasteiger partial charge >= 0.3 is 0 Å². The number of benzene rings is 2. The van der Waals surface area contributed by atoms with Gasteiger partial charge in [0.2, 0.25) is 5.91 Å². The monoisotopic (exact) mass is 342 g/mol. The first-order chi connectivity index (χ1) is 12.1. The van der Waals surface area contributed by atoms with Crippen LogP contribution in [0.15, 0.2) is 42.5 Å². The van der Waals surface area contributed by atoms with E-state index >= 15 is 0 Å². The molecule has 5 nitrogen and oxygen atoms in total. The van der Waals surface area contributed by atoms with Crippen LogP contribution in [0.3, 0.4) is 0 Å². The van der Waals surface area contributed by atoms with Crippen LogP contribution in [-0.2, 0) is 4.79 Å². The number of hydrogen-bond donors (Lipinski definition) is 1. The fourth-order valence-corrected chi connectivity index (χ4v) is 2.67. The van der Waals surface area contributed by atoms with Gasteiger partial charge in [-0.05, 0) is 43.7 Å². The molecule has 0 saturated heterocycles. The highest BCUT2D eigenvalue weighted by Crippen LogP contribution is 2.29.